The predicted octanol–water partition coefficient (Wildman–Crippen LogP) is 4.68. The van der Waals surface area contributed by atoms with Gasteiger partial charge in [-0.15, -0.1) is 0 Å². The fourth-order valence-corrected chi connectivity index (χ4v) is 2.58. The number of rotatable bonds is 2. The fraction of sp³-hybridized carbons (Fsp3) is 0.176. The van der Waals surface area contributed by atoms with Gasteiger partial charge in [0.2, 0.25) is 0 Å². The molecule has 0 N–H and O–H groups in total. The van der Waals surface area contributed by atoms with Gasteiger partial charge in [-0.05, 0) is 40.7 Å². The third kappa shape index (κ3) is 1.70. The van der Waals surface area contributed by atoms with Gasteiger partial charge in [0.15, 0.2) is 0 Å². The Morgan fingerprint density at radius 1 is 1.00 bits per heavy atom. The summed E-state index contributed by atoms with van der Waals surface area (Å²) in [6.45, 7) is 2.18. The third-order valence-corrected chi connectivity index (χ3v) is 3.42. The Kier molecular flexibility index (Phi) is 2.56. The van der Waals surface area contributed by atoms with Crippen LogP contribution < -0.4 is 0 Å². The van der Waals surface area contributed by atoms with Crippen LogP contribution in [0.5, 0.6) is 0 Å². The van der Waals surface area contributed by atoms with Crippen molar-refractivity contribution < 1.29 is 0 Å². The summed E-state index contributed by atoms with van der Waals surface area (Å²) in [4.78, 5) is 0. The Morgan fingerprint density at radius 2 is 1.82 bits per heavy atom. The van der Waals surface area contributed by atoms with Crippen molar-refractivity contribution in [3.63, 3.8) is 0 Å². The summed E-state index contributed by atoms with van der Waals surface area (Å²) in [6, 6.07) is 15.4. The van der Waals surface area contributed by atoms with Crippen molar-refractivity contribution in [3.8, 4) is 11.1 Å². The molecule has 0 heteroatoms. The molecule has 2 aromatic carbocycles. The number of fused-ring (bicyclic) bond motifs is 3. The normalized spacial score (nSPS) is 12.8. The summed E-state index contributed by atoms with van der Waals surface area (Å²) in [5.74, 6) is 0. The second kappa shape index (κ2) is 4.21. The molecule has 0 aromatic heterocycles. The van der Waals surface area contributed by atoms with Crippen LogP contribution in [0.1, 0.15) is 30.0 Å². The van der Waals surface area contributed by atoms with Crippen LogP contribution in [-0.2, 0) is 6.42 Å². The highest BCUT2D eigenvalue weighted by Crippen LogP contribution is 2.38. The zero-order chi connectivity index (χ0) is 11.7. The minimum atomic E-state index is 1.08. The van der Waals surface area contributed by atoms with E-state index in [1.807, 2.05) is 0 Å². The molecule has 0 nitrogen and oxygen atoms in total. The quantitative estimate of drug-likeness (QED) is 0.588. The lowest BCUT2D eigenvalue weighted by Crippen LogP contribution is -1.85. The lowest BCUT2D eigenvalue weighted by Gasteiger charge is -2.03. The molecule has 0 unspecified atom stereocenters. The van der Waals surface area contributed by atoms with E-state index in [0.717, 1.165) is 12.8 Å². The van der Waals surface area contributed by atoms with E-state index in [1.165, 1.54) is 27.8 Å². The monoisotopic (exact) mass is 220 g/mol. The average Bonchev–Trinajstić information content (AvgIpc) is 2.75. The van der Waals surface area contributed by atoms with Gasteiger partial charge in [-0.3, -0.25) is 0 Å². The predicted molar refractivity (Wildman–Crippen MR) is 74.0 cm³/mol. The maximum atomic E-state index is 2.25. The van der Waals surface area contributed by atoms with Crippen molar-refractivity contribution in [1.82, 2.24) is 0 Å². The lowest BCUT2D eigenvalue weighted by atomic mass is 10.0. The molecule has 0 bridgehead atoms. The van der Waals surface area contributed by atoms with Crippen molar-refractivity contribution in [2.24, 2.45) is 0 Å². The summed E-state index contributed by atoms with van der Waals surface area (Å²) in [7, 11) is 0. The van der Waals surface area contributed by atoms with Crippen molar-refractivity contribution in [1.29, 1.82) is 0 Å². The van der Waals surface area contributed by atoms with Crippen LogP contribution in [0.4, 0.5) is 0 Å². The maximum Gasteiger partial charge on any atom is -0.000751 e. The van der Waals surface area contributed by atoms with Crippen LogP contribution in [-0.4, -0.2) is 0 Å². The second-order valence-corrected chi connectivity index (χ2v) is 4.52. The van der Waals surface area contributed by atoms with Crippen molar-refractivity contribution >= 4 is 6.08 Å². The summed E-state index contributed by atoms with van der Waals surface area (Å²) in [5, 5.41) is 0. The van der Waals surface area contributed by atoms with Crippen LogP contribution in [0, 0.1) is 0 Å². The second-order valence-electron chi connectivity index (χ2n) is 4.52. The molecule has 0 spiro atoms. The van der Waals surface area contributed by atoms with Crippen LogP contribution >= 0.6 is 0 Å². The van der Waals surface area contributed by atoms with E-state index in [1.54, 1.807) is 0 Å². The molecule has 0 saturated carbocycles. The molecule has 17 heavy (non-hydrogen) atoms. The molecular formula is C17H16. The SMILES string of the molecule is CC/C=C/c1cccc2c1Cc1ccccc1-2. The van der Waals surface area contributed by atoms with E-state index in [-0.39, 0.29) is 0 Å². The van der Waals surface area contributed by atoms with Crippen LogP contribution in [0.3, 0.4) is 0 Å². The van der Waals surface area contributed by atoms with Crippen LogP contribution in [0.25, 0.3) is 17.2 Å². The van der Waals surface area contributed by atoms with E-state index in [9.17, 15) is 0 Å². The van der Waals surface area contributed by atoms with E-state index in [0.29, 0.717) is 0 Å². The first-order valence-corrected chi connectivity index (χ1v) is 6.27. The molecule has 0 fully saturated rings. The summed E-state index contributed by atoms with van der Waals surface area (Å²) in [5.41, 5.74) is 7.15. The molecular weight excluding hydrogens is 204 g/mol. The first kappa shape index (κ1) is 10.3. The molecule has 0 amide bonds. The summed E-state index contributed by atoms with van der Waals surface area (Å²) >= 11 is 0. The van der Waals surface area contributed by atoms with Crippen LogP contribution in [0.15, 0.2) is 48.5 Å². The molecule has 84 valence electrons. The highest BCUT2D eigenvalue weighted by atomic mass is 14.2. The smallest absolute Gasteiger partial charge is 0.000751 e. The van der Waals surface area contributed by atoms with Crippen molar-refractivity contribution in [2.45, 2.75) is 19.8 Å². The first-order valence-electron chi connectivity index (χ1n) is 6.27. The van der Waals surface area contributed by atoms with E-state index >= 15 is 0 Å². The summed E-state index contributed by atoms with van der Waals surface area (Å²) < 4.78 is 0. The Balaban J connectivity index is 2.14. The minimum Gasteiger partial charge on any atom is -0.0842 e. The van der Waals surface area contributed by atoms with E-state index in [4.69, 9.17) is 0 Å². The molecule has 0 radical (unpaired) electrons. The van der Waals surface area contributed by atoms with Gasteiger partial charge in [-0.2, -0.15) is 0 Å². The third-order valence-electron chi connectivity index (χ3n) is 3.42. The van der Waals surface area contributed by atoms with Gasteiger partial charge in [0.1, 0.15) is 0 Å². The lowest BCUT2D eigenvalue weighted by molar-refractivity contribution is 1.22. The molecule has 2 aromatic rings. The van der Waals surface area contributed by atoms with Crippen molar-refractivity contribution in [3.05, 3.63) is 65.2 Å². The largest absolute Gasteiger partial charge is 0.0842 e. The number of hydrogen-bond donors (Lipinski definition) is 0. The standard InChI is InChI=1S/C17H16/c1-2-3-7-13-9-6-11-16-15-10-5-4-8-14(15)12-17(13)16/h3-11H,2,12H2,1H3/b7-3+. The topological polar surface area (TPSA) is 0 Å². The van der Waals surface area contributed by atoms with Gasteiger partial charge < -0.3 is 0 Å². The van der Waals surface area contributed by atoms with Crippen LogP contribution in [0.2, 0.25) is 0 Å². The Hall–Kier alpha value is -1.82. The molecule has 0 saturated heterocycles. The zero-order valence-electron chi connectivity index (χ0n) is 10.1. The molecule has 1 aliphatic rings. The minimum absolute atomic E-state index is 1.08. The van der Waals surface area contributed by atoms with Gasteiger partial charge >= 0.3 is 0 Å². The molecule has 1 aliphatic carbocycles. The highest BCUT2D eigenvalue weighted by molar-refractivity contribution is 5.80. The Bertz CT molecular complexity index is 576. The summed E-state index contributed by atoms with van der Waals surface area (Å²) in [6.07, 6.45) is 6.66. The van der Waals surface area contributed by atoms with E-state index in [2.05, 4.69) is 61.5 Å². The first-order chi connectivity index (χ1) is 8.40. The van der Waals surface area contributed by atoms with Gasteiger partial charge in [-0.25, -0.2) is 0 Å². The van der Waals surface area contributed by atoms with Crippen molar-refractivity contribution in [2.75, 3.05) is 0 Å². The average molecular weight is 220 g/mol. The number of hydrogen-bond acceptors (Lipinski definition) is 0. The number of benzene rings is 2. The zero-order valence-corrected chi connectivity index (χ0v) is 10.1. The Labute approximate surface area is 103 Å². The maximum absolute atomic E-state index is 2.25. The van der Waals surface area contributed by atoms with Gasteiger partial charge in [0, 0.05) is 0 Å². The highest BCUT2D eigenvalue weighted by Gasteiger charge is 2.18. The Morgan fingerprint density at radius 3 is 2.71 bits per heavy atom. The van der Waals surface area contributed by atoms with Gasteiger partial charge in [0.25, 0.3) is 0 Å². The fourth-order valence-electron chi connectivity index (χ4n) is 2.58. The molecule has 0 aliphatic heterocycles. The number of allylic oxidation sites excluding steroid dienone is 1. The molecule has 3 rings (SSSR count). The van der Waals surface area contributed by atoms with E-state index < -0.39 is 0 Å². The van der Waals surface area contributed by atoms with Gasteiger partial charge in [0.05, 0.1) is 0 Å². The van der Waals surface area contributed by atoms with Gasteiger partial charge in [-0.1, -0.05) is 61.5 Å². The molecule has 0 atom stereocenters. The molecule has 0 heterocycles.